The van der Waals surface area contributed by atoms with Gasteiger partial charge >= 0.3 is 11.9 Å². The predicted octanol–water partition coefficient (Wildman–Crippen LogP) is 1.98. The van der Waals surface area contributed by atoms with Crippen LogP contribution in [0.2, 0.25) is 0 Å². The molecule has 0 saturated heterocycles. The number of quaternary nitrogens is 1. The maximum absolute atomic E-state index is 13.8. The molecule has 1 atom stereocenters. The second-order valence-corrected chi connectivity index (χ2v) is 7.72. The van der Waals surface area contributed by atoms with E-state index in [1.54, 1.807) is 29.9 Å². The summed E-state index contributed by atoms with van der Waals surface area (Å²) in [5.41, 5.74) is 7.15. The largest absolute Gasteiger partial charge is 0.436 e. The van der Waals surface area contributed by atoms with Crippen LogP contribution < -0.4 is 15.5 Å². The van der Waals surface area contributed by atoms with Gasteiger partial charge in [-0.3, -0.25) is 5.32 Å². The molecule has 0 radical (unpaired) electrons. The number of nitrogens with zero attached hydrogens (tertiary/aromatic N) is 5. The lowest BCUT2D eigenvalue weighted by Crippen LogP contribution is -2.67. The van der Waals surface area contributed by atoms with Crippen molar-refractivity contribution < 1.29 is 14.7 Å². The van der Waals surface area contributed by atoms with Crippen LogP contribution in [0, 0.1) is 6.92 Å². The number of aliphatic hydroxyl groups is 1. The fourth-order valence-corrected chi connectivity index (χ4v) is 4.48. The predicted molar refractivity (Wildman–Crippen MR) is 112 cm³/mol. The molecule has 1 unspecified atom stereocenters. The van der Waals surface area contributed by atoms with Crippen molar-refractivity contribution in [3.8, 4) is 0 Å². The molecule has 0 bridgehead atoms. The van der Waals surface area contributed by atoms with E-state index < -0.39 is 16.6 Å². The number of aromatic nitrogens is 4. The third-order valence-electron chi connectivity index (χ3n) is 5.99. The van der Waals surface area contributed by atoms with E-state index in [0.29, 0.717) is 49.3 Å². The quantitative estimate of drug-likeness (QED) is 0.656. The summed E-state index contributed by atoms with van der Waals surface area (Å²) in [6, 6.07) is 0.795. The number of carbonyl (C=O) groups excluding carboxylic acids is 2. The summed E-state index contributed by atoms with van der Waals surface area (Å²) >= 11 is 0. The second-order valence-electron chi connectivity index (χ2n) is 7.72. The monoisotopic (exact) mass is 412 g/mol. The number of aliphatic hydroxyl groups excluding tert-OH is 1. The SMILES string of the molecule is CCn1nccc1NC(=O)[N+]1([C@H]2CC[C@H](O)CC2)C(=O)C=Cc2c(C)nc(N)nc21. The van der Waals surface area contributed by atoms with Crippen molar-refractivity contribution in [2.24, 2.45) is 0 Å². The van der Waals surface area contributed by atoms with E-state index in [9.17, 15) is 14.7 Å². The van der Waals surface area contributed by atoms with Crippen LogP contribution in [-0.4, -0.2) is 48.9 Å². The zero-order chi connectivity index (χ0) is 21.5. The van der Waals surface area contributed by atoms with E-state index in [4.69, 9.17) is 5.73 Å². The highest BCUT2D eigenvalue weighted by Crippen LogP contribution is 2.41. The van der Waals surface area contributed by atoms with Gasteiger partial charge in [-0.25, -0.2) is 19.3 Å². The van der Waals surface area contributed by atoms with Gasteiger partial charge in [0, 0.05) is 31.5 Å². The number of carbonyl (C=O) groups is 2. The van der Waals surface area contributed by atoms with Crippen LogP contribution >= 0.6 is 0 Å². The number of rotatable bonds is 3. The van der Waals surface area contributed by atoms with Crippen LogP contribution in [0.25, 0.3) is 6.08 Å². The summed E-state index contributed by atoms with van der Waals surface area (Å²) in [6.07, 6.45) is 6.25. The molecule has 1 saturated carbocycles. The van der Waals surface area contributed by atoms with Gasteiger partial charge in [0.05, 0.1) is 23.6 Å². The standard InChI is InChI=1S/C20H25N7O3/c1-3-26-16(10-11-22-26)24-20(30)27(13-4-6-14(28)7-5-13)17(29)9-8-15-12(2)23-19(21)25-18(15)27/h8-11,13-14,28H,3-7H2,1-2H3,(H2-,21,22,23,24,25,29,30)/p+1/t13-,14-,27?. The third-order valence-corrected chi connectivity index (χ3v) is 5.99. The van der Waals surface area contributed by atoms with E-state index in [0.717, 1.165) is 0 Å². The Hall–Kier alpha value is -3.11. The summed E-state index contributed by atoms with van der Waals surface area (Å²) in [7, 11) is 0. The van der Waals surface area contributed by atoms with Gasteiger partial charge in [-0.1, -0.05) is 0 Å². The van der Waals surface area contributed by atoms with Crippen LogP contribution in [0.5, 0.6) is 0 Å². The molecule has 4 N–H and O–H groups in total. The number of urea groups is 1. The topological polar surface area (TPSA) is 136 Å². The van der Waals surface area contributed by atoms with Crippen molar-refractivity contribution in [2.45, 2.75) is 58.2 Å². The smallest absolute Gasteiger partial charge is 0.393 e. The summed E-state index contributed by atoms with van der Waals surface area (Å²) in [5.74, 6) is 0.410. The van der Waals surface area contributed by atoms with Crippen molar-refractivity contribution in [1.82, 2.24) is 24.2 Å². The molecule has 1 aliphatic carbocycles. The number of aryl methyl sites for hydroxylation is 2. The Bertz CT molecular complexity index is 1020. The van der Waals surface area contributed by atoms with Crippen molar-refractivity contribution in [2.75, 3.05) is 11.1 Å². The van der Waals surface area contributed by atoms with Crippen LogP contribution in [0.4, 0.5) is 22.4 Å². The van der Waals surface area contributed by atoms with Gasteiger partial charge in [0.1, 0.15) is 11.9 Å². The number of nitrogen functional groups attached to an aromatic ring is 1. The molecule has 1 fully saturated rings. The maximum atomic E-state index is 13.8. The van der Waals surface area contributed by atoms with Crippen LogP contribution in [-0.2, 0) is 11.3 Å². The molecule has 3 amide bonds. The molecular weight excluding hydrogens is 386 g/mol. The van der Waals surface area contributed by atoms with Crippen LogP contribution in [0.1, 0.15) is 43.9 Å². The first kappa shape index (κ1) is 20.2. The summed E-state index contributed by atoms with van der Waals surface area (Å²) in [6.45, 7) is 4.26. The lowest BCUT2D eigenvalue weighted by molar-refractivity contribution is -0.125. The minimum atomic E-state index is -0.624. The highest BCUT2D eigenvalue weighted by molar-refractivity contribution is 6.19. The van der Waals surface area contributed by atoms with E-state index >= 15 is 0 Å². The zero-order valence-corrected chi connectivity index (χ0v) is 17.1. The van der Waals surface area contributed by atoms with E-state index in [1.807, 2.05) is 6.92 Å². The second kappa shape index (κ2) is 7.62. The van der Waals surface area contributed by atoms with Crippen molar-refractivity contribution in [3.05, 3.63) is 29.6 Å². The highest BCUT2D eigenvalue weighted by atomic mass is 16.3. The molecule has 158 valence electrons. The Labute approximate surface area is 174 Å². The van der Waals surface area contributed by atoms with Crippen LogP contribution in [0.3, 0.4) is 0 Å². The molecule has 10 heteroatoms. The fourth-order valence-electron chi connectivity index (χ4n) is 4.48. The Balaban J connectivity index is 1.88. The number of imide groups is 1. The van der Waals surface area contributed by atoms with Gasteiger partial charge < -0.3 is 10.8 Å². The lowest BCUT2D eigenvalue weighted by Gasteiger charge is -2.41. The van der Waals surface area contributed by atoms with Crippen molar-refractivity contribution in [1.29, 1.82) is 0 Å². The normalized spacial score (nSPS) is 25.8. The summed E-state index contributed by atoms with van der Waals surface area (Å²) in [4.78, 5) is 35.9. The molecular formula is C20H26N7O3+. The average molecular weight is 412 g/mol. The molecule has 2 aromatic heterocycles. The summed E-state index contributed by atoms with van der Waals surface area (Å²) < 4.78 is 1.02. The van der Waals surface area contributed by atoms with E-state index in [1.165, 1.54) is 6.08 Å². The number of anilines is 2. The average Bonchev–Trinajstić information content (AvgIpc) is 3.16. The highest BCUT2D eigenvalue weighted by Gasteiger charge is 2.57. The lowest BCUT2D eigenvalue weighted by atomic mass is 9.88. The fraction of sp³-hybridized carbons (Fsp3) is 0.450. The summed E-state index contributed by atoms with van der Waals surface area (Å²) in [5, 5.41) is 17.1. The van der Waals surface area contributed by atoms with Gasteiger partial charge in [-0.15, -0.1) is 4.48 Å². The van der Waals surface area contributed by atoms with Crippen LogP contribution in [0.15, 0.2) is 18.3 Å². The van der Waals surface area contributed by atoms with Crippen molar-refractivity contribution in [3.63, 3.8) is 0 Å². The minimum absolute atomic E-state index is 0.0131. The first-order valence-electron chi connectivity index (χ1n) is 10.1. The molecule has 0 spiro atoms. The van der Waals surface area contributed by atoms with Gasteiger partial charge in [0.25, 0.3) is 5.82 Å². The molecule has 30 heavy (non-hydrogen) atoms. The number of hydrogen-bond donors (Lipinski definition) is 3. The molecule has 4 rings (SSSR count). The number of amides is 3. The molecule has 3 heterocycles. The molecule has 0 aromatic carbocycles. The molecule has 1 aliphatic heterocycles. The first-order valence-corrected chi connectivity index (χ1v) is 10.1. The number of nitrogens with one attached hydrogen (secondary N) is 1. The van der Waals surface area contributed by atoms with Gasteiger partial charge in [-0.2, -0.15) is 10.1 Å². The van der Waals surface area contributed by atoms with E-state index in [-0.39, 0.29) is 23.7 Å². The minimum Gasteiger partial charge on any atom is -0.393 e. The number of nitrogens with two attached hydrogens (primary N) is 1. The van der Waals surface area contributed by atoms with Gasteiger partial charge in [-0.05, 0) is 32.8 Å². The van der Waals surface area contributed by atoms with E-state index in [2.05, 4.69) is 20.4 Å². The molecule has 2 aromatic rings. The third kappa shape index (κ3) is 3.08. The van der Waals surface area contributed by atoms with Gasteiger partial charge in [0.2, 0.25) is 5.95 Å². The van der Waals surface area contributed by atoms with Gasteiger partial charge in [0.15, 0.2) is 0 Å². The first-order chi connectivity index (χ1) is 14.4. The Morgan fingerprint density at radius 2 is 2.03 bits per heavy atom. The molecule has 2 aliphatic rings. The Morgan fingerprint density at radius 3 is 2.73 bits per heavy atom. The number of hydrogen-bond acceptors (Lipinski definition) is 7. The maximum Gasteiger partial charge on any atom is 0.436 e. The zero-order valence-electron chi connectivity index (χ0n) is 17.1. The Kier molecular flexibility index (Phi) is 5.12. The number of fused-ring (bicyclic) bond motifs is 1. The Morgan fingerprint density at radius 1 is 1.30 bits per heavy atom. The van der Waals surface area contributed by atoms with Crippen molar-refractivity contribution >= 4 is 35.6 Å². The molecule has 10 nitrogen and oxygen atoms in total.